The summed E-state index contributed by atoms with van der Waals surface area (Å²) in [7, 11) is 0. The van der Waals surface area contributed by atoms with Crippen LogP contribution in [0.3, 0.4) is 0 Å². The van der Waals surface area contributed by atoms with Crippen LogP contribution < -0.4 is 0 Å². The molecule has 2 aromatic carbocycles. The summed E-state index contributed by atoms with van der Waals surface area (Å²) >= 11 is 9.66. The van der Waals surface area contributed by atoms with Gasteiger partial charge in [-0.2, -0.15) is 5.10 Å². The number of hydrogen-bond acceptors (Lipinski definition) is 2. The number of aromatic nitrogens is 3. The molecule has 0 saturated carbocycles. The minimum atomic E-state index is 0.721. The first-order valence-electron chi connectivity index (χ1n) is 6.08. The van der Waals surface area contributed by atoms with Gasteiger partial charge in [0.25, 0.3) is 0 Å². The molecule has 0 bridgehead atoms. The maximum absolute atomic E-state index is 6.19. The van der Waals surface area contributed by atoms with Crippen LogP contribution in [-0.2, 0) is 0 Å². The molecule has 0 aliphatic carbocycles. The van der Waals surface area contributed by atoms with Gasteiger partial charge in [-0.25, -0.2) is 9.67 Å². The molecule has 0 amide bonds. The van der Waals surface area contributed by atoms with Crippen molar-refractivity contribution in [2.24, 2.45) is 0 Å². The summed E-state index contributed by atoms with van der Waals surface area (Å²) in [5.74, 6) is 0.789. The van der Waals surface area contributed by atoms with E-state index in [2.05, 4.69) is 26.0 Å². The predicted octanol–water partition coefficient (Wildman–Crippen LogP) is 4.66. The van der Waals surface area contributed by atoms with Crippen LogP contribution in [0.1, 0.15) is 5.56 Å². The first-order valence-corrected chi connectivity index (χ1v) is 7.25. The van der Waals surface area contributed by atoms with Crippen LogP contribution in [0.2, 0.25) is 5.02 Å². The summed E-state index contributed by atoms with van der Waals surface area (Å²) in [5.41, 5.74) is 2.91. The van der Waals surface area contributed by atoms with Gasteiger partial charge in [-0.1, -0.05) is 45.7 Å². The normalized spacial score (nSPS) is 10.8. The monoisotopic (exact) mass is 347 g/mol. The fourth-order valence-electron chi connectivity index (χ4n) is 2.07. The van der Waals surface area contributed by atoms with Crippen LogP contribution in [0.25, 0.3) is 17.1 Å². The summed E-state index contributed by atoms with van der Waals surface area (Å²) in [5, 5.41) is 5.05. The molecule has 0 radical (unpaired) electrons. The fourth-order valence-corrected chi connectivity index (χ4v) is 2.64. The van der Waals surface area contributed by atoms with Crippen molar-refractivity contribution in [2.75, 3.05) is 0 Å². The molecular formula is C15H11BrClN3. The fraction of sp³-hybridized carbons (Fsp3) is 0.0667. The first-order chi connectivity index (χ1) is 9.66. The highest BCUT2D eigenvalue weighted by molar-refractivity contribution is 9.10. The molecule has 0 fully saturated rings. The summed E-state index contributed by atoms with van der Waals surface area (Å²) in [6.07, 6.45) is 1.55. The Bertz CT molecular complexity index is 767. The van der Waals surface area contributed by atoms with E-state index in [1.807, 2.05) is 54.1 Å². The molecule has 0 aliphatic heterocycles. The van der Waals surface area contributed by atoms with Gasteiger partial charge in [0.2, 0.25) is 0 Å². The number of hydrogen-bond donors (Lipinski definition) is 0. The van der Waals surface area contributed by atoms with Gasteiger partial charge in [0.05, 0.1) is 5.69 Å². The van der Waals surface area contributed by atoms with Gasteiger partial charge >= 0.3 is 0 Å². The Balaban J connectivity index is 2.18. The van der Waals surface area contributed by atoms with Crippen molar-refractivity contribution in [3.8, 4) is 17.1 Å². The topological polar surface area (TPSA) is 30.7 Å². The molecule has 3 nitrogen and oxygen atoms in total. The third kappa shape index (κ3) is 2.37. The van der Waals surface area contributed by atoms with E-state index >= 15 is 0 Å². The van der Waals surface area contributed by atoms with Crippen LogP contribution in [0.5, 0.6) is 0 Å². The molecule has 3 rings (SSSR count). The highest BCUT2D eigenvalue weighted by Crippen LogP contribution is 2.27. The van der Waals surface area contributed by atoms with E-state index < -0.39 is 0 Å². The van der Waals surface area contributed by atoms with E-state index in [4.69, 9.17) is 11.6 Å². The van der Waals surface area contributed by atoms with Crippen LogP contribution in [-0.4, -0.2) is 14.8 Å². The number of benzene rings is 2. The van der Waals surface area contributed by atoms with E-state index in [0.29, 0.717) is 0 Å². The molecule has 0 spiro atoms. The van der Waals surface area contributed by atoms with Gasteiger partial charge in [0.15, 0.2) is 5.82 Å². The molecule has 3 aromatic rings. The Morgan fingerprint density at radius 2 is 1.95 bits per heavy atom. The molecule has 0 unspecified atom stereocenters. The van der Waals surface area contributed by atoms with Gasteiger partial charge in [-0.05, 0) is 36.8 Å². The average molecular weight is 349 g/mol. The molecule has 5 heteroatoms. The quantitative estimate of drug-likeness (QED) is 0.674. The maximum Gasteiger partial charge on any atom is 0.163 e. The summed E-state index contributed by atoms with van der Waals surface area (Å²) in [4.78, 5) is 4.36. The van der Waals surface area contributed by atoms with Crippen LogP contribution in [0.15, 0.2) is 53.3 Å². The first kappa shape index (κ1) is 13.3. The van der Waals surface area contributed by atoms with E-state index in [1.165, 1.54) is 0 Å². The minimum Gasteiger partial charge on any atom is -0.215 e. The van der Waals surface area contributed by atoms with Gasteiger partial charge in [0.1, 0.15) is 6.33 Å². The SMILES string of the molecule is Cc1c(Cl)cccc1-n1ncnc1-c1cccc(Br)c1. The molecule has 0 aliphatic rings. The summed E-state index contributed by atoms with van der Waals surface area (Å²) < 4.78 is 2.82. The highest BCUT2D eigenvalue weighted by Gasteiger charge is 2.12. The zero-order valence-electron chi connectivity index (χ0n) is 10.7. The summed E-state index contributed by atoms with van der Waals surface area (Å²) in [6.45, 7) is 1.98. The molecule has 100 valence electrons. The van der Waals surface area contributed by atoms with Crippen LogP contribution in [0.4, 0.5) is 0 Å². The lowest BCUT2D eigenvalue weighted by Gasteiger charge is -2.10. The second kappa shape index (κ2) is 5.38. The van der Waals surface area contributed by atoms with Crippen LogP contribution in [0, 0.1) is 6.92 Å². The second-order valence-electron chi connectivity index (χ2n) is 4.39. The largest absolute Gasteiger partial charge is 0.215 e. The highest BCUT2D eigenvalue weighted by atomic mass is 79.9. The predicted molar refractivity (Wildman–Crippen MR) is 84.2 cm³/mol. The van der Waals surface area contributed by atoms with Gasteiger partial charge in [-0.15, -0.1) is 0 Å². The Labute approximate surface area is 130 Å². The summed E-state index contributed by atoms with van der Waals surface area (Å²) in [6, 6.07) is 13.7. The number of rotatable bonds is 2. The smallest absolute Gasteiger partial charge is 0.163 e. The van der Waals surface area contributed by atoms with Crippen LogP contribution >= 0.6 is 27.5 Å². The van der Waals surface area contributed by atoms with Crippen molar-refractivity contribution in [3.63, 3.8) is 0 Å². The van der Waals surface area contributed by atoms with Crippen molar-refractivity contribution >= 4 is 27.5 Å². The second-order valence-corrected chi connectivity index (χ2v) is 5.71. The van der Waals surface area contributed by atoms with Gasteiger partial charge in [-0.3, -0.25) is 0 Å². The van der Waals surface area contributed by atoms with Crippen molar-refractivity contribution < 1.29 is 0 Å². The minimum absolute atomic E-state index is 0.721. The van der Waals surface area contributed by atoms with E-state index in [0.717, 1.165) is 32.1 Å². The maximum atomic E-state index is 6.19. The molecule has 0 saturated heterocycles. The molecule has 20 heavy (non-hydrogen) atoms. The Morgan fingerprint density at radius 1 is 1.15 bits per heavy atom. The lowest BCUT2D eigenvalue weighted by atomic mass is 10.1. The Kier molecular flexibility index (Phi) is 3.59. The third-order valence-corrected chi connectivity index (χ3v) is 4.00. The van der Waals surface area contributed by atoms with Crippen molar-refractivity contribution in [1.29, 1.82) is 0 Å². The molecular weight excluding hydrogens is 338 g/mol. The average Bonchev–Trinajstić information content (AvgIpc) is 2.91. The van der Waals surface area contributed by atoms with E-state index in [9.17, 15) is 0 Å². The van der Waals surface area contributed by atoms with Crippen molar-refractivity contribution in [1.82, 2.24) is 14.8 Å². The Hall–Kier alpha value is -1.65. The van der Waals surface area contributed by atoms with Crippen molar-refractivity contribution in [3.05, 3.63) is 63.9 Å². The number of nitrogens with zero attached hydrogens (tertiary/aromatic N) is 3. The van der Waals surface area contributed by atoms with E-state index in [-0.39, 0.29) is 0 Å². The molecule has 0 atom stereocenters. The Morgan fingerprint density at radius 3 is 2.75 bits per heavy atom. The van der Waals surface area contributed by atoms with Crippen molar-refractivity contribution in [2.45, 2.75) is 6.92 Å². The standard InChI is InChI=1S/C15H11BrClN3/c1-10-13(17)6-3-7-14(10)20-15(18-9-19-20)11-4-2-5-12(16)8-11/h2-9H,1H3. The lowest BCUT2D eigenvalue weighted by Crippen LogP contribution is -2.02. The third-order valence-electron chi connectivity index (χ3n) is 3.10. The van der Waals surface area contributed by atoms with E-state index in [1.54, 1.807) is 6.33 Å². The molecule has 1 aromatic heterocycles. The zero-order valence-corrected chi connectivity index (χ0v) is 13.1. The molecule has 0 N–H and O–H groups in total. The van der Waals surface area contributed by atoms with Gasteiger partial charge in [0, 0.05) is 15.1 Å². The lowest BCUT2D eigenvalue weighted by molar-refractivity contribution is 0.879. The van der Waals surface area contributed by atoms with Gasteiger partial charge < -0.3 is 0 Å². The zero-order chi connectivity index (χ0) is 14.1. The number of halogens is 2. The molecule has 1 heterocycles.